The molecule has 0 aliphatic heterocycles. The molecule has 2 aromatic carbocycles. The van der Waals surface area contributed by atoms with Crippen LogP contribution in [0.25, 0.3) is 0 Å². The van der Waals surface area contributed by atoms with Gasteiger partial charge in [-0.15, -0.1) is 0 Å². The number of halogens is 1. The average molecular weight is 520 g/mol. The van der Waals surface area contributed by atoms with Crippen molar-refractivity contribution in [3.63, 3.8) is 0 Å². The number of carbonyl (C=O) groups excluding carboxylic acids is 2. The van der Waals surface area contributed by atoms with E-state index in [9.17, 15) is 22.4 Å². The van der Waals surface area contributed by atoms with Gasteiger partial charge < -0.3 is 15.0 Å². The van der Waals surface area contributed by atoms with Crippen LogP contribution in [0, 0.1) is 5.82 Å². The Hall–Kier alpha value is -3.14. The highest BCUT2D eigenvalue weighted by Gasteiger charge is 2.33. The smallest absolute Gasteiger partial charge is 0.244 e. The summed E-state index contributed by atoms with van der Waals surface area (Å²) in [5, 5.41) is 3.05. The van der Waals surface area contributed by atoms with Gasteiger partial charge in [-0.2, -0.15) is 0 Å². The summed E-state index contributed by atoms with van der Waals surface area (Å²) in [6.45, 7) is 1.25. The van der Waals surface area contributed by atoms with Crippen LogP contribution in [0.2, 0.25) is 0 Å². The van der Waals surface area contributed by atoms with Crippen LogP contribution < -0.4 is 14.4 Å². The van der Waals surface area contributed by atoms with Crippen LogP contribution in [0.3, 0.4) is 0 Å². The normalized spacial score (nSPS) is 14.8. The first-order valence-corrected chi connectivity index (χ1v) is 13.9. The van der Waals surface area contributed by atoms with E-state index in [0.29, 0.717) is 12.2 Å². The predicted octanol–water partition coefficient (Wildman–Crippen LogP) is 3.47. The van der Waals surface area contributed by atoms with Gasteiger partial charge in [-0.05, 0) is 49.1 Å². The van der Waals surface area contributed by atoms with Crippen LogP contribution in [0.15, 0.2) is 48.5 Å². The standard InChI is InChI=1S/C26H34FN3O5S/c1-4-23(26(32)28-20-9-5-6-10-20)29(17-19-13-15-21(35-2)16-14-19)25(31)18-30(36(3,33)34)24-12-8-7-11-22(24)27/h7-8,11-16,20,23H,4-6,9-10,17-18H2,1-3H3,(H,28,32)/t23-/m1/s1. The second-order valence-electron chi connectivity index (χ2n) is 9.00. The zero-order valence-corrected chi connectivity index (χ0v) is 21.8. The Morgan fingerprint density at radius 1 is 1.11 bits per heavy atom. The number of ether oxygens (including phenoxy) is 1. The number of para-hydroxylation sites is 1. The van der Waals surface area contributed by atoms with Crippen LogP contribution >= 0.6 is 0 Å². The molecule has 1 fully saturated rings. The molecule has 1 atom stereocenters. The van der Waals surface area contributed by atoms with Crippen molar-refractivity contribution in [3.05, 3.63) is 59.9 Å². The minimum Gasteiger partial charge on any atom is -0.497 e. The van der Waals surface area contributed by atoms with E-state index in [1.165, 1.54) is 23.1 Å². The molecule has 0 spiro atoms. The van der Waals surface area contributed by atoms with Crippen LogP contribution in [0.1, 0.15) is 44.6 Å². The topological polar surface area (TPSA) is 96.0 Å². The molecule has 10 heteroatoms. The lowest BCUT2D eigenvalue weighted by Crippen LogP contribution is -2.53. The van der Waals surface area contributed by atoms with Crippen molar-refractivity contribution in [1.82, 2.24) is 10.2 Å². The quantitative estimate of drug-likeness (QED) is 0.491. The first-order chi connectivity index (χ1) is 17.1. The zero-order valence-electron chi connectivity index (χ0n) is 20.9. The Labute approximate surface area is 212 Å². The molecular formula is C26H34FN3O5S. The van der Waals surface area contributed by atoms with Crippen molar-refractivity contribution in [2.75, 3.05) is 24.2 Å². The fraction of sp³-hybridized carbons (Fsp3) is 0.462. The van der Waals surface area contributed by atoms with Gasteiger partial charge in [0.1, 0.15) is 24.2 Å². The summed E-state index contributed by atoms with van der Waals surface area (Å²) < 4.78 is 45.6. The van der Waals surface area contributed by atoms with Gasteiger partial charge in [0.25, 0.3) is 0 Å². The molecule has 196 valence electrons. The summed E-state index contributed by atoms with van der Waals surface area (Å²) in [7, 11) is -2.44. The van der Waals surface area contributed by atoms with Crippen molar-refractivity contribution in [2.24, 2.45) is 0 Å². The van der Waals surface area contributed by atoms with E-state index in [2.05, 4.69) is 5.32 Å². The van der Waals surface area contributed by atoms with E-state index in [1.54, 1.807) is 38.3 Å². The molecular weight excluding hydrogens is 485 g/mol. The minimum absolute atomic E-state index is 0.0652. The first-order valence-electron chi connectivity index (χ1n) is 12.1. The monoisotopic (exact) mass is 519 g/mol. The van der Waals surface area contributed by atoms with Crippen molar-refractivity contribution in [2.45, 2.75) is 57.7 Å². The molecule has 0 aromatic heterocycles. The third-order valence-corrected chi connectivity index (χ3v) is 7.53. The molecule has 1 N–H and O–H groups in total. The van der Waals surface area contributed by atoms with Gasteiger partial charge in [-0.3, -0.25) is 13.9 Å². The number of hydrogen-bond acceptors (Lipinski definition) is 5. The lowest BCUT2D eigenvalue weighted by molar-refractivity contribution is -0.140. The Balaban J connectivity index is 1.92. The summed E-state index contributed by atoms with van der Waals surface area (Å²) in [5.41, 5.74) is 0.522. The lowest BCUT2D eigenvalue weighted by atomic mass is 10.1. The molecule has 0 bridgehead atoms. The molecule has 1 saturated carbocycles. The number of anilines is 1. The number of hydrogen-bond donors (Lipinski definition) is 1. The van der Waals surface area contributed by atoms with Crippen LogP contribution in [0.4, 0.5) is 10.1 Å². The summed E-state index contributed by atoms with van der Waals surface area (Å²) in [6.07, 6.45) is 5.13. The molecule has 0 saturated heterocycles. The molecule has 1 aliphatic carbocycles. The first kappa shape index (κ1) is 27.4. The Kier molecular flexibility index (Phi) is 9.31. The number of carbonyl (C=O) groups is 2. The molecule has 3 rings (SSSR count). The summed E-state index contributed by atoms with van der Waals surface area (Å²) in [6, 6.07) is 11.7. The van der Waals surface area contributed by atoms with Gasteiger partial charge >= 0.3 is 0 Å². The molecule has 0 heterocycles. The number of amides is 2. The Morgan fingerprint density at radius 3 is 2.31 bits per heavy atom. The van der Waals surface area contributed by atoms with E-state index < -0.39 is 34.3 Å². The molecule has 0 unspecified atom stereocenters. The van der Waals surface area contributed by atoms with Crippen molar-refractivity contribution in [3.8, 4) is 5.75 Å². The maximum absolute atomic E-state index is 14.5. The SMILES string of the molecule is CC[C@H](C(=O)NC1CCCC1)N(Cc1ccc(OC)cc1)C(=O)CN(c1ccccc1F)S(C)(=O)=O. The zero-order chi connectivity index (χ0) is 26.3. The van der Waals surface area contributed by atoms with Crippen molar-refractivity contribution < 1.29 is 27.1 Å². The van der Waals surface area contributed by atoms with E-state index in [4.69, 9.17) is 4.74 Å². The lowest BCUT2D eigenvalue weighted by Gasteiger charge is -2.33. The molecule has 1 aliphatic rings. The van der Waals surface area contributed by atoms with Gasteiger partial charge in [0.05, 0.1) is 19.1 Å². The number of methoxy groups -OCH3 is 1. The van der Waals surface area contributed by atoms with Crippen molar-refractivity contribution in [1.29, 1.82) is 0 Å². The molecule has 2 aromatic rings. The molecule has 2 amide bonds. The average Bonchev–Trinajstić information content (AvgIpc) is 3.35. The molecule has 0 radical (unpaired) electrons. The van der Waals surface area contributed by atoms with Gasteiger partial charge in [0.2, 0.25) is 21.8 Å². The van der Waals surface area contributed by atoms with E-state index in [0.717, 1.165) is 47.9 Å². The summed E-state index contributed by atoms with van der Waals surface area (Å²) >= 11 is 0. The van der Waals surface area contributed by atoms with Gasteiger partial charge in [-0.1, -0.05) is 44.0 Å². The van der Waals surface area contributed by atoms with Crippen LogP contribution in [-0.4, -0.2) is 57.1 Å². The second kappa shape index (κ2) is 12.2. The largest absolute Gasteiger partial charge is 0.497 e. The highest BCUT2D eigenvalue weighted by atomic mass is 32.2. The highest BCUT2D eigenvalue weighted by molar-refractivity contribution is 7.92. The highest BCUT2D eigenvalue weighted by Crippen LogP contribution is 2.24. The van der Waals surface area contributed by atoms with Crippen LogP contribution in [-0.2, 0) is 26.2 Å². The van der Waals surface area contributed by atoms with E-state index in [1.807, 2.05) is 0 Å². The number of benzene rings is 2. The fourth-order valence-electron chi connectivity index (χ4n) is 4.46. The molecule has 36 heavy (non-hydrogen) atoms. The van der Waals surface area contributed by atoms with Gasteiger partial charge in [0.15, 0.2) is 0 Å². The number of sulfonamides is 1. The fourth-order valence-corrected chi connectivity index (χ4v) is 5.31. The van der Waals surface area contributed by atoms with Gasteiger partial charge in [0, 0.05) is 12.6 Å². The maximum Gasteiger partial charge on any atom is 0.244 e. The maximum atomic E-state index is 14.5. The Bertz CT molecular complexity index is 1150. The Morgan fingerprint density at radius 2 is 1.75 bits per heavy atom. The number of nitrogens with zero attached hydrogens (tertiary/aromatic N) is 2. The molecule has 8 nitrogen and oxygen atoms in total. The van der Waals surface area contributed by atoms with E-state index >= 15 is 0 Å². The van der Waals surface area contributed by atoms with Crippen molar-refractivity contribution >= 4 is 27.5 Å². The van der Waals surface area contributed by atoms with E-state index in [-0.39, 0.29) is 24.2 Å². The third-order valence-electron chi connectivity index (χ3n) is 6.40. The van der Waals surface area contributed by atoms with Gasteiger partial charge in [-0.25, -0.2) is 12.8 Å². The summed E-state index contributed by atoms with van der Waals surface area (Å²) in [4.78, 5) is 28.3. The van der Waals surface area contributed by atoms with Crippen LogP contribution in [0.5, 0.6) is 5.75 Å². The third kappa shape index (κ3) is 6.96. The number of nitrogens with one attached hydrogen (secondary N) is 1. The summed E-state index contributed by atoms with van der Waals surface area (Å²) in [5.74, 6) is -0.995. The second-order valence-corrected chi connectivity index (χ2v) is 10.9. The number of rotatable bonds is 11. The minimum atomic E-state index is -3.99. The predicted molar refractivity (Wildman–Crippen MR) is 137 cm³/mol.